The van der Waals surface area contributed by atoms with Crippen LogP contribution < -0.4 is 0 Å². The first-order valence-electron chi connectivity index (χ1n) is 20.6. The summed E-state index contributed by atoms with van der Waals surface area (Å²) in [6, 6.07) is 0. The van der Waals surface area contributed by atoms with Crippen LogP contribution in [0.4, 0.5) is 0 Å². The third-order valence-corrected chi connectivity index (χ3v) is 9.41. The van der Waals surface area contributed by atoms with E-state index in [1.54, 1.807) is 0 Å². The molecule has 0 bridgehead atoms. The lowest BCUT2D eigenvalue weighted by molar-refractivity contribution is -0.161. The number of aliphatic hydroxyl groups excluding tert-OH is 2. The molecular formula is C42H75O10P. The van der Waals surface area contributed by atoms with Gasteiger partial charge in [-0.1, -0.05) is 127 Å². The first-order valence-corrected chi connectivity index (χ1v) is 22.1. The number of carbonyl (C=O) groups is 2. The van der Waals surface area contributed by atoms with E-state index in [4.69, 9.17) is 19.1 Å². The Kier molecular flexibility index (Phi) is 36.7. The molecule has 0 aliphatic carbocycles. The van der Waals surface area contributed by atoms with Crippen molar-refractivity contribution < 1.29 is 47.8 Å². The maximum atomic E-state index is 12.6. The molecular weight excluding hydrogens is 695 g/mol. The summed E-state index contributed by atoms with van der Waals surface area (Å²) in [5.41, 5.74) is 0. The Hall–Kier alpha value is -2.07. The number of aliphatic hydroxyl groups is 2. The highest BCUT2D eigenvalue weighted by atomic mass is 31.2. The van der Waals surface area contributed by atoms with E-state index in [9.17, 15) is 24.2 Å². The largest absolute Gasteiger partial charge is 0.472 e. The van der Waals surface area contributed by atoms with Gasteiger partial charge in [-0.3, -0.25) is 18.6 Å². The van der Waals surface area contributed by atoms with Crippen molar-refractivity contribution in [2.24, 2.45) is 0 Å². The number of phosphoric ester groups is 1. The third-order valence-electron chi connectivity index (χ3n) is 8.46. The molecule has 11 heteroatoms. The molecule has 0 aliphatic rings. The van der Waals surface area contributed by atoms with Crippen LogP contribution in [0.25, 0.3) is 0 Å². The van der Waals surface area contributed by atoms with E-state index >= 15 is 0 Å². The number of esters is 2. The molecule has 0 saturated heterocycles. The van der Waals surface area contributed by atoms with Crippen molar-refractivity contribution in [1.82, 2.24) is 0 Å². The minimum Gasteiger partial charge on any atom is -0.462 e. The molecule has 0 radical (unpaired) electrons. The average molecular weight is 771 g/mol. The molecule has 0 amide bonds. The molecule has 0 aliphatic heterocycles. The fraction of sp³-hybridized carbons (Fsp3) is 0.762. The number of phosphoric acid groups is 1. The van der Waals surface area contributed by atoms with Crippen LogP contribution in [0.3, 0.4) is 0 Å². The summed E-state index contributed by atoms with van der Waals surface area (Å²) in [4.78, 5) is 34.9. The van der Waals surface area contributed by atoms with E-state index in [0.29, 0.717) is 12.8 Å². The van der Waals surface area contributed by atoms with Gasteiger partial charge >= 0.3 is 19.8 Å². The van der Waals surface area contributed by atoms with Crippen molar-refractivity contribution in [3.63, 3.8) is 0 Å². The highest BCUT2D eigenvalue weighted by Gasteiger charge is 2.27. The summed E-state index contributed by atoms with van der Waals surface area (Å²) in [7, 11) is -4.63. The van der Waals surface area contributed by atoms with E-state index < -0.39 is 51.8 Å². The van der Waals surface area contributed by atoms with E-state index in [-0.39, 0.29) is 19.4 Å². The molecule has 10 nitrogen and oxygen atoms in total. The van der Waals surface area contributed by atoms with Crippen molar-refractivity contribution in [1.29, 1.82) is 0 Å². The van der Waals surface area contributed by atoms with Crippen LogP contribution in [0.1, 0.15) is 168 Å². The molecule has 3 N–H and O–H groups in total. The average Bonchev–Trinajstić information content (AvgIpc) is 3.14. The number of rotatable bonds is 38. The molecule has 3 atom stereocenters. The first kappa shape index (κ1) is 50.9. The second-order valence-corrected chi connectivity index (χ2v) is 15.1. The Morgan fingerprint density at radius 1 is 0.566 bits per heavy atom. The van der Waals surface area contributed by atoms with Gasteiger partial charge in [-0.25, -0.2) is 4.57 Å². The molecule has 308 valence electrons. The Morgan fingerprint density at radius 3 is 1.45 bits per heavy atom. The molecule has 0 saturated carbocycles. The third kappa shape index (κ3) is 38.0. The van der Waals surface area contributed by atoms with Crippen LogP contribution in [-0.2, 0) is 32.7 Å². The molecule has 0 fully saturated rings. The van der Waals surface area contributed by atoms with Gasteiger partial charge in [0.25, 0.3) is 0 Å². The molecule has 0 heterocycles. The van der Waals surface area contributed by atoms with Gasteiger partial charge in [0.1, 0.15) is 12.7 Å². The lowest BCUT2D eigenvalue weighted by Crippen LogP contribution is -2.29. The molecule has 0 aromatic carbocycles. The number of carbonyl (C=O) groups excluding carboxylic acids is 2. The molecule has 0 aromatic heterocycles. The highest BCUT2D eigenvalue weighted by Crippen LogP contribution is 2.43. The normalized spacial score (nSPS) is 14.4. The topological polar surface area (TPSA) is 149 Å². The van der Waals surface area contributed by atoms with Crippen molar-refractivity contribution in [3.05, 3.63) is 48.6 Å². The minimum absolute atomic E-state index is 0.134. The predicted molar refractivity (Wildman–Crippen MR) is 214 cm³/mol. The summed E-state index contributed by atoms with van der Waals surface area (Å²) in [6.07, 6.45) is 39.4. The van der Waals surface area contributed by atoms with Gasteiger partial charge in [0.2, 0.25) is 0 Å². The van der Waals surface area contributed by atoms with Gasteiger partial charge in [0.15, 0.2) is 6.10 Å². The highest BCUT2D eigenvalue weighted by molar-refractivity contribution is 7.47. The SMILES string of the molecule is CCCCCCCC/C=C/C/C=C/CCCCC(=O)OC[C@H](COP(=O)(O)OC[C@@H](O)CO)OC(=O)CCCC/C=C/C/C=C/CCCCCCCC. The quantitative estimate of drug-likeness (QED) is 0.0240. The Morgan fingerprint density at radius 2 is 0.981 bits per heavy atom. The Balaban J connectivity index is 4.45. The number of allylic oxidation sites excluding steroid dienone is 8. The summed E-state index contributed by atoms with van der Waals surface area (Å²) in [5, 5.41) is 18.3. The zero-order valence-corrected chi connectivity index (χ0v) is 34.1. The summed E-state index contributed by atoms with van der Waals surface area (Å²) in [5.74, 6) is -1.00. The van der Waals surface area contributed by atoms with Gasteiger partial charge in [-0.15, -0.1) is 0 Å². The van der Waals surface area contributed by atoms with Gasteiger partial charge in [-0.2, -0.15) is 0 Å². The second kappa shape index (κ2) is 38.2. The van der Waals surface area contributed by atoms with E-state index in [2.05, 4.69) is 67.0 Å². The molecule has 0 spiro atoms. The fourth-order valence-corrected chi connectivity index (χ4v) is 6.02. The summed E-state index contributed by atoms with van der Waals surface area (Å²) >= 11 is 0. The second-order valence-electron chi connectivity index (χ2n) is 13.7. The van der Waals surface area contributed by atoms with E-state index in [1.807, 2.05) is 0 Å². The first-order chi connectivity index (χ1) is 25.7. The predicted octanol–water partition coefficient (Wildman–Crippen LogP) is 10.6. The smallest absolute Gasteiger partial charge is 0.462 e. The number of hydrogen-bond donors (Lipinski definition) is 3. The van der Waals surface area contributed by atoms with Crippen molar-refractivity contribution in [2.45, 2.75) is 180 Å². The minimum atomic E-state index is -4.63. The van der Waals surface area contributed by atoms with E-state index in [1.165, 1.54) is 77.0 Å². The number of hydrogen-bond acceptors (Lipinski definition) is 9. The molecule has 53 heavy (non-hydrogen) atoms. The van der Waals surface area contributed by atoms with Crippen molar-refractivity contribution in [2.75, 3.05) is 26.4 Å². The molecule has 0 aromatic rings. The maximum Gasteiger partial charge on any atom is 0.472 e. The van der Waals surface area contributed by atoms with Gasteiger partial charge in [0, 0.05) is 12.8 Å². The zero-order valence-electron chi connectivity index (χ0n) is 33.2. The lowest BCUT2D eigenvalue weighted by Gasteiger charge is -2.20. The van der Waals surface area contributed by atoms with Crippen LogP contribution in [-0.4, -0.2) is 65.7 Å². The number of unbranched alkanes of at least 4 members (excludes halogenated alkanes) is 16. The monoisotopic (exact) mass is 771 g/mol. The standard InChI is InChI=1S/C42H75O10P/c1-3-5-7-9-11-13-15-17-19-21-23-25-27-29-31-33-41(45)49-37-40(38-51-53(47,48)50-36-39(44)35-43)52-42(46)34-32-30-28-26-24-22-20-18-16-14-12-10-8-6-4-2/h17-20,23-26,39-40,43-44H,3-16,21-22,27-38H2,1-2H3,(H,47,48)/b19-17+,20-18+,25-23+,26-24+/t39-,40+/m0/s1. The Bertz CT molecular complexity index is 1030. The Labute approximate surface area is 322 Å². The van der Waals surface area contributed by atoms with Crippen LogP contribution in [0.2, 0.25) is 0 Å². The van der Waals surface area contributed by atoms with Crippen molar-refractivity contribution >= 4 is 19.8 Å². The van der Waals surface area contributed by atoms with Gasteiger partial charge in [0.05, 0.1) is 19.8 Å². The van der Waals surface area contributed by atoms with Crippen LogP contribution >= 0.6 is 7.82 Å². The van der Waals surface area contributed by atoms with Crippen molar-refractivity contribution in [3.8, 4) is 0 Å². The van der Waals surface area contributed by atoms with Crippen LogP contribution in [0, 0.1) is 0 Å². The van der Waals surface area contributed by atoms with Gasteiger partial charge in [-0.05, 0) is 77.0 Å². The molecule has 0 rings (SSSR count). The van der Waals surface area contributed by atoms with Crippen LogP contribution in [0.15, 0.2) is 48.6 Å². The number of ether oxygens (including phenoxy) is 2. The van der Waals surface area contributed by atoms with Crippen LogP contribution in [0.5, 0.6) is 0 Å². The summed E-state index contributed by atoms with van der Waals surface area (Å²) in [6.45, 7) is 2.28. The van der Waals surface area contributed by atoms with Gasteiger partial charge < -0.3 is 24.6 Å². The lowest BCUT2D eigenvalue weighted by atomic mass is 10.1. The zero-order chi connectivity index (χ0) is 39.1. The molecule has 1 unspecified atom stereocenters. The maximum absolute atomic E-state index is 12.6. The van der Waals surface area contributed by atoms with E-state index in [0.717, 1.165) is 51.4 Å². The summed E-state index contributed by atoms with van der Waals surface area (Å²) < 4.78 is 32.6. The fourth-order valence-electron chi connectivity index (χ4n) is 5.23.